The predicted octanol–water partition coefficient (Wildman–Crippen LogP) is 3.65. The SMILES string of the molecule is COC(=O)c1ccc(C)c(NC(=S)N[C@@H]2CCCC[C@@H]2C)c1. The van der Waals surface area contributed by atoms with Crippen LogP contribution >= 0.6 is 12.2 Å². The zero-order chi connectivity index (χ0) is 16.1. The quantitative estimate of drug-likeness (QED) is 0.658. The molecule has 1 aliphatic rings. The lowest BCUT2D eigenvalue weighted by Gasteiger charge is -2.30. The minimum atomic E-state index is -0.345. The molecule has 1 aliphatic carbocycles. The maximum absolute atomic E-state index is 11.6. The fraction of sp³-hybridized carbons (Fsp3) is 0.529. The van der Waals surface area contributed by atoms with E-state index in [0.717, 1.165) is 17.7 Å². The van der Waals surface area contributed by atoms with E-state index in [0.29, 0.717) is 22.6 Å². The number of rotatable bonds is 3. The largest absolute Gasteiger partial charge is 0.465 e. The summed E-state index contributed by atoms with van der Waals surface area (Å²) in [5, 5.41) is 7.24. The third kappa shape index (κ3) is 4.19. The van der Waals surface area contributed by atoms with Gasteiger partial charge in [0, 0.05) is 11.7 Å². The van der Waals surface area contributed by atoms with Crippen molar-refractivity contribution in [3.63, 3.8) is 0 Å². The molecule has 0 aromatic heterocycles. The second-order valence-corrected chi connectivity index (χ2v) is 6.40. The van der Waals surface area contributed by atoms with Crippen LogP contribution in [0.15, 0.2) is 18.2 Å². The van der Waals surface area contributed by atoms with Crippen LogP contribution in [0.5, 0.6) is 0 Å². The lowest BCUT2D eigenvalue weighted by molar-refractivity contribution is 0.0601. The van der Waals surface area contributed by atoms with Crippen LogP contribution in [-0.4, -0.2) is 24.2 Å². The molecule has 4 nitrogen and oxygen atoms in total. The number of thiocarbonyl (C=S) groups is 1. The van der Waals surface area contributed by atoms with E-state index in [1.807, 2.05) is 13.0 Å². The van der Waals surface area contributed by atoms with Gasteiger partial charge in [0.2, 0.25) is 0 Å². The summed E-state index contributed by atoms with van der Waals surface area (Å²) in [6.07, 6.45) is 4.96. The van der Waals surface area contributed by atoms with E-state index in [1.165, 1.54) is 26.4 Å². The van der Waals surface area contributed by atoms with E-state index in [9.17, 15) is 4.79 Å². The molecule has 1 aromatic carbocycles. The zero-order valence-electron chi connectivity index (χ0n) is 13.4. The highest BCUT2D eigenvalue weighted by Crippen LogP contribution is 2.24. The van der Waals surface area contributed by atoms with E-state index in [2.05, 4.69) is 17.6 Å². The van der Waals surface area contributed by atoms with Crippen LogP contribution in [0.3, 0.4) is 0 Å². The van der Waals surface area contributed by atoms with Gasteiger partial charge in [-0.3, -0.25) is 0 Å². The van der Waals surface area contributed by atoms with Gasteiger partial charge in [-0.25, -0.2) is 4.79 Å². The first kappa shape index (κ1) is 16.7. The summed E-state index contributed by atoms with van der Waals surface area (Å²) in [7, 11) is 1.38. The Labute approximate surface area is 137 Å². The lowest BCUT2D eigenvalue weighted by Crippen LogP contribution is -2.43. The summed E-state index contributed by atoms with van der Waals surface area (Å²) >= 11 is 5.43. The maximum Gasteiger partial charge on any atom is 0.337 e. The van der Waals surface area contributed by atoms with E-state index in [1.54, 1.807) is 12.1 Å². The van der Waals surface area contributed by atoms with Crippen LogP contribution in [0.1, 0.15) is 48.5 Å². The van der Waals surface area contributed by atoms with Crippen molar-refractivity contribution in [1.82, 2.24) is 5.32 Å². The normalized spacial score (nSPS) is 21.0. The van der Waals surface area contributed by atoms with E-state index in [-0.39, 0.29) is 5.97 Å². The Bertz CT molecular complexity index is 560. The monoisotopic (exact) mass is 320 g/mol. The van der Waals surface area contributed by atoms with Gasteiger partial charge in [0.25, 0.3) is 0 Å². The van der Waals surface area contributed by atoms with Crippen LogP contribution in [0, 0.1) is 12.8 Å². The molecular formula is C17H24N2O2S. The molecule has 2 rings (SSSR count). The first-order valence-electron chi connectivity index (χ1n) is 7.77. The van der Waals surface area contributed by atoms with Crippen molar-refractivity contribution in [2.75, 3.05) is 12.4 Å². The molecule has 1 fully saturated rings. The summed E-state index contributed by atoms with van der Waals surface area (Å²) in [5.41, 5.74) is 2.39. The second-order valence-electron chi connectivity index (χ2n) is 5.99. The van der Waals surface area contributed by atoms with Crippen LogP contribution < -0.4 is 10.6 Å². The number of aryl methyl sites for hydroxylation is 1. The van der Waals surface area contributed by atoms with Crippen LogP contribution in [0.4, 0.5) is 5.69 Å². The third-order valence-electron chi connectivity index (χ3n) is 4.33. The molecule has 2 atom stereocenters. The number of esters is 1. The second kappa shape index (κ2) is 7.58. The third-order valence-corrected chi connectivity index (χ3v) is 4.55. The Morgan fingerprint density at radius 1 is 1.32 bits per heavy atom. The van der Waals surface area contributed by atoms with Crippen LogP contribution in [-0.2, 0) is 4.74 Å². The van der Waals surface area contributed by atoms with Gasteiger partial charge in [0.1, 0.15) is 0 Å². The van der Waals surface area contributed by atoms with Crippen LogP contribution in [0.25, 0.3) is 0 Å². The Hall–Kier alpha value is -1.62. The Morgan fingerprint density at radius 3 is 2.73 bits per heavy atom. The average Bonchev–Trinajstić information content (AvgIpc) is 2.51. The predicted molar refractivity (Wildman–Crippen MR) is 93.3 cm³/mol. The lowest BCUT2D eigenvalue weighted by atomic mass is 9.86. The molecule has 0 radical (unpaired) electrons. The highest BCUT2D eigenvalue weighted by Gasteiger charge is 2.21. The molecule has 0 unspecified atom stereocenters. The van der Waals surface area contributed by atoms with Crippen molar-refractivity contribution in [3.05, 3.63) is 29.3 Å². The molecular weight excluding hydrogens is 296 g/mol. The number of carbonyl (C=O) groups excluding carboxylic acids is 1. The Morgan fingerprint density at radius 2 is 2.05 bits per heavy atom. The van der Waals surface area contributed by atoms with E-state index < -0.39 is 0 Å². The van der Waals surface area contributed by atoms with Crippen molar-refractivity contribution in [2.45, 2.75) is 45.6 Å². The van der Waals surface area contributed by atoms with Crippen molar-refractivity contribution in [3.8, 4) is 0 Å². The van der Waals surface area contributed by atoms with Gasteiger partial charge in [-0.2, -0.15) is 0 Å². The number of hydrogen-bond donors (Lipinski definition) is 2. The molecule has 0 spiro atoms. The van der Waals surface area contributed by atoms with Gasteiger partial charge in [-0.05, 0) is 55.6 Å². The number of hydrogen-bond acceptors (Lipinski definition) is 3. The van der Waals surface area contributed by atoms with Gasteiger partial charge in [0.15, 0.2) is 5.11 Å². The van der Waals surface area contributed by atoms with Crippen molar-refractivity contribution < 1.29 is 9.53 Å². The first-order valence-corrected chi connectivity index (χ1v) is 8.18. The first-order chi connectivity index (χ1) is 10.5. The van der Waals surface area contributed by atoms with Crippen molar-refractivity contribution in [2.24, 2.45) is 5.92 Å². The van der Waals surface area contributed by atoms with Gasteiger partial charge in [-0.1, -0.05) is 25.8 Å². The maximum atomic E-state index is 11.6. The molecule has 0 aliphatic heterocycles. The summed E-state index contributed by atoms with van der Waals surface area (Å²) in [6.45, 7) is 4.25. The standard InChI is InChI=1S/C17H24N2O2S/c1-11-6-4-5-7-14(11)18-17(22)19-15-10-13(16(20)21-3)9-8-12(15)2/h8-11,14H,4-7H2,1-3H3,(H2,18,19,22)/t11-,14+/m0/s1. The Balaban J connectivity index is 2.03. The fourth-order valence-corrected chi connectivity index (χ4v) is 3.12. The van der Waals surface area contributed by atoms with Gasteiger partial charge >= 0.3 is 5.97 Å². The highest BCUT2D eigenvalue weighted by atomic mass is 32.1. The molecule has 5 heteroatoms. The summed E-state index contributed by atoms with van der Waals surface area (Å²) < 4.78 is 4.76. The topological polar surface area (TPSA) is 50.4 Å². The van der Waals surface area contributed by atoms with E-state index in [4.69, 9.17) is 17.0 Å². The number of ether oxygens (including phenoxy) is 1. The molecule has 1 aromatic rings. The summed E-state index contributed by atoms with van der Waals surface area (Å²) in [6, 6.07) is 5.85. The minimum Gasteiger partial charge on any atom is -0.465 e. The average molecular weight is 320 g/mol. The Kier molecular flexibility index (Phi) is 5.77. The molecule has 0 saturated heterocycles. The zero-order valence-corrected chi connectivity index (χ0v) is 14.3. The van der Waals surface area contributed by atoms with Gasteiger partial charge in [0.05, 0.1) is 12.7 Å². The molecule has 1 saturated carbocycles. The number of anilines is 1. The number of methoxy groups -OCH3 is 1. The molecule has 0 amide bonds. The molecule has 2 N–H and O–H groups in total. The van der Waals surface area contributed by atoms with Gasteiger partial charge < -0.3 is 15.4 Å². The van der Waals surface area contributed by atoms with Crippen molar-refractivity contribution >= 4 is 29.0 Å². The number of carbonyl (C=O) groups is 1. The van der Waals surface area contributed by atoms with Gasteiger partial charge in [-0.15, -0.1) is 0 Å². The molecule has 0 bridgehead atoms. The summed E-state index contributed by atoms with van der Waals surface area (Å²) in [5.74, 6) is 0.291. The fourth-order valence-electron chi connectivity index (χ4n) is 2.86. The highest BCUT2D eigenvalue weighted by molar-refractivity contribution is 7.80. The summed E-state index contributed by atoms with van der Waals surface area (Å²) in [4.78, 5) is 11.6. The molecule has 22 heavy (non-hydrogen) atoms. The minimum absolute atomic E-state index is 0.345. The molecule has 120 valence electrons. The van der Waals surface area contributed by atoms with Crippen molar-refractivity contribution in [1.29, 1.82) is 0 Å². The van der Waals surface area contributed by atoms with Crippen LogP contribution in [0.2, 0.25) is 0 Å². The molecule has 0 heterocycles. The smallest absolute Gasteiger partial charge is 0.337 e. The number of nitrogens with one attached hydrogen (secondary N) is 2. The van der Waals surface area contributed by atoms with E-state index >= 15 is 0 Å². The number of benzene rings is 1.